The molecule has 1 unspecified atom stereocenters. The van der Waals surface area contributed by atoms with Crippen molar-refractivity contribution in [2.24, 2.45) is 0 Å². The summed E-state index contributed by atoms with van der Waals surface area (Å²) in [6.45, 7) is 0.684. The second-order valence-corrected chi connectivity index (χ2v) is 4.78. The zero-order chi connectivity index (χ0) is 15.7. The SMILES string of the molecule is COCCC(Cc1ccco1)NC(=O)N(C)CCC(=O)O. The Morgan fingerprint density at radius 3 is 2.86 bits per heavy atom. The highest BCUT2D eigenvalue weighted by atomic mass is 16.5. The highest BCUT2D eigenvalue weighted by Gasteiger charge is 2.17. The van der Waals surface area contributed by atoms with E-state index in [1.54, 1.807) is 26.5 Å². The smallest absolute Gasteiger partial charge is 0.317 e. The van der Waals surface area contributed by atoms with Crippen molar-refractivity contribution in [1.29, 1.82) is 0 Å². The van der Waals surface area contributed by atoms with E-state index in [-0.39, 0.29) is 25.0 Å². The molecule has 0 radical (unpaired) electrons. The van der Waals surface area contributed by atoms with E-state index in [9.17, 15) is 9.59 Å². The molecule has 0 saturated carbocycles. The van der Waals surface area contributed by atoms with Crippen LogP contribution >= 0.6 is 0 Å². The van der Waals surface area contributed by atoms with Crippen molar-refractivity contribution in [3.63, 3.8) is 0 Å². The average Bonchev–Trinajstić information content (AvgIpc) is 2.94. The van der Waals surface area contributed by atoms with Gasteiger partial charge in [0.15, 0.2) is 0 Å². The van der Waals surface area contributed by atoms with Crippen LogP contribution in [0.1, 0.15) is 18.6 Å². The molecule has 2 amide bonds. The van der Waals surface area contributed by atoms with Crippen LogP contribution in [0.2, 0.25) is 0 Å². The number of carboxylic acids is 1. The number of rotatable bonds is 9. The number of carbonyl (C=O) groups excluding carboxylic acids is 1. The fourth-order valence-electron chi connectivity index (χ4n) is 1.81. The Morgan fingerprint density at radius 1 is 1.52 bits per heavy atom. The molecule has 0 spiro atoms. The third-order valence-electron chi connectivity index (χ3n) is 3.03. The van der Waals surface area contributed by atoms with Crippen LogP contribution in [-0.4, -0.2) is 55.4 Å². The third kappa shape index (κ3) is 6.80. The van der Waals surface area contributed by atoms with Crippen LogP contribution in [0.4, 0.5) is 4.79 Å². The van der Waals surface area contributed by atoms with Gasteiger partial charge in [0.1, 0.15) is 5.76 Å². The summed E-state index contributed by atoms with van der Waals surface area (Å²) in [5.74, 6) is -0.147. The number of carboxylic acid groups (broad SMARTS) is 1. The highest BCUT2D eigenvalue weighted by Crippen LogP contribution is 2.07. The van der Waals surface area contributed by atoms with Crippen molar-refractivity contribution in [2.75, 3.05) is 27.3 Å². The molecule has 0 aliphatic heterocycles. The van der Waals surface area contributed by atoms with Gasteiger partial charge in [-0.3, -0.25) is 4.79 Å². The standard InChI is InChI=1S/C14H22N2O5/c1-16(7-5-13(17)18)14(19)15-11(6-9-20-2)10-12-4-3-8-21-12/h3-4,8,11H,5-7,9-10H2,1-2H3,(H,15,19)(H,17,18). The molecule has 1 aromatic rings. The first-order chi connectivity index (χ1) is 10.0. The molecule has 2 N–H and O–H groups in total. The van der Waals surface area contributed by atoms with Crippen molar-refractivity contribution < 1.29 is 23.8 Å². The molecular weight excluding hydrogens is 276 g/mol. The number of urea groups is 1. The second kappa shape index (κ2) is 9.02. The van der Waals surface area contributed by atoms with Crippen molar-refractivity contribution in [3.8, 4) is 0 Å². The van der Waals surface area contributed by atoms with E-state index >= 15 is 0 Å². The number of aliphatic carboxylic acids is 1. The first-order valence-corrected chi connectivity index (χ1v) is 6.77. The van der Waals surface area contributed by atoms with Gasteiger partial charge in [0.05, 0.1) is 12.7 Å². The average molecular weight is 298 g/mol. The van der Waals surface area contributed by atoms with Gasteiger partial charge in [-0.05, 0) is 18.6 Å². The van der Waals surface area contributed by atoms with Crippen molar-refractivity contribution in [3.05, 3.63) is 24.2 Å². The number of ether oxygens (including phenoxy) is 1. The number of nitrogens with zero attached hydrogens (tertiary/aromatic N) is 1. The molecule has 0 aliphatic rings. The number of hydrogen-bond acceptors (Lipinski definition) is 4. The second-order valence-electron chi connectivity index (χ2n) is 4.78. The van der Waals surface area contributed by atoms with Crippen LogP contribution in [-0.2, 0) is 16.0 Å². The van der Waals surface area contributed by atoms with E-state index < -0.39 is 5.97 Å². The lowest BCUT2D eigenvalue weighted by molar-refractivity contribution is -0.137. The monoisotopic (exact) mass is 298 g/mol. The Hall–Kier alpha value is -2.02. The molecule has 0 saturated heterocycles. The summed E-state index contributed by atoms with van der Waals surface area (Å²) in [5, 5.41) is 11.5. The molecule has 21 heavy (non-hydrogen) atoms. The maximum absolute atomic E-state index is 12.0. The van der Waals surface area contributed by atoms with E-state index in [0.29, 0.717) is 19.4 Å². The van der Waals surface area contributed by atoms with Crippen molar-refractivity contribution in [2.45, 2.75) is 25.3 Å². The minimum absolute atomic E-state index is 0.0785. The van der Waals surface area contributed by atoms with Gasteiger partial charge in [0.25, 0.3) is 0 Å². The lowest BCUT2D eigenvalue weighted by Crippen LogP contribution is -2.45. The number of methoxy groups -OCH3 is 1. The molecule has 0 fully saturated rings. The van der Waals surface area contributed by atoms with E-state index in [0.717, 1.165) is 5.76 Å². The van der Waals surface area contributed by atoms with Crippen LogP contribution in [0.15, 0.2) is 22.8 Å². The summed E-state index contributed by atoms with van der Waals surface area (Å²) in [6.07, 6.45) is 2.72. The van der Waals surface area contributed by atoms with Crippen molar-refractivity contribution >= 4 is 12.0 Å². The van der Waals surface area contributed by atoms with Gasteiger partial charge in [-0.2, -0.15) is 0 Å². The minimum atomic E-state index is -0.929. The highest BCUT2D eigenvalue weighted by molar-refractivity contribution is 5.75. The van der Waals surface area contributed by atoms with E-state index in [1.807, 2.05) is 6.07 Å². The molecule has 1 heterocycles. The van der Waals surface area contributed by atoms with Crippen LogP contribution < -0.4 is 5.32 Å². The van der Waals surface area contributed by atoms with Crippen LogP contribution in [0.3, 0.4) is 0 Å². The number of hydrogen-bond donors (Lipinski definition) is 2. The van der Waals surface area contributed by atoms with E-state index in [1.165, 1.54) is 4.90 Å². The quantitative estimate of drug-likeness (QED) is 0.718. The molecule has 0 aliphatic carbocycles. The summed E-state index contributed by atoms with van der Waals surface area (Å²) in [5.41, 5.74) is 0. The molecule has 1 rings (SSSR count). The van der Waals surface area contributed by atoms with Gasteiger partial charge >= 0.3 is 12.0 Å². The molecule has 1 aromatic heterocycles. The van der Waals surface area contributed by atoms with Crippen LogP contribution in [0.5, 0.6) is 0 Å². The van der Waals surface area contributed by atoms with Gasteiger partial charge < -0.3 is 24.5 Å². The zero-order valence-corrected chi connectivity index (χ0v) is 12.4. The maximum Gasteiger partial charge on any atom is 0.317 e. The Balaban J connectivity index is 2.50. The van der Waals surface area contributed by atoms with Gasteiger partial charge in [0.2, 0.25) is 0 Å². The van der Waals surface area contributed by atoms with Gasteiger partial charge in [0, 0.05) is 39.8 Å². The summed E-state index contributed by atoms with van der Waals surface area (Å²) >= 11 is 0. The van der Waals surface area contributed by atoms with Gasteiger partial charge in [-0.1, -0.05) is 0 Å². The normalized spacial score (nSPS) is 11.9. The minimum Gasteiger partial charge on any atom is -0.481 e. The zero-order valence-electron chi connectivity index (χ0n) is 12.4. The summed E-state index contributed by atoms with van der Waals surface area (Å²) in [6, 6.07) is 3.21. The topological polar surface area (TPSA) is 92.0 Å². The van der Waals surface area contributed by atoms with Crippen molar-refractivity contribution in [1.82, 2.24) is 10.2 Å². The Kier molecular flexibility index (Phi) is 7.31. The lowest BCUT2D eigenvalue weighted by Gasteiger charge is -2.22. The number of amides is 2. The summed E-state index contributed by atoms with van der Waals surface area (Å²) in [4.78, 5) is 23.9. The molecule has 7 heteroatoms. The lowest BCUT2D eigenvalue weighted by atomic mass is 10.1. The van der Waals surface area contributed by atoms with E-state index in [2.05, 4.69) is 5.32 Å². The molecule has 1 atom stereocenters. The fourth-order valence-corrected chi connectivity index (χ4v) is 1.81. The Bertz CT molecular complexity index is 433. The number of nitrogens with one attached hydrogen (secondary N) is 1. The predicted octanol–water partition coefficient (Wildman–Crippen LogP) is 1.34. The third-order valence-corrected chi connectivity index (χ3v) is 3.03. The number of carbonyl (C=O) groups is 2. The summed E-state index contributed by atoms with van der Waals surface area (Å²) in [7, 11) is 3.17. The molecule has 0 aromatic carbocycles. The summed E-state index contributed by atoms with van der Waals surface area (Å²) < 4.78 is 10.3. The molecule has 118 valence electrons. The van der Waals surface area contributed by atoms with Gasteiger partial charge in [-0.15, -0.1) is 0 Å². The molecular formula is C14H22N2O5. The first-order valence-electron chi connectivity index (χ1n) is 6.77. The molecule has 0 bridgehead atoms. The largest absolute Gasteiger partial charge is 0.481 e. The molecule has 7 nitrogen and oxygen atoms in total. The van der Waals surface area contributed by atoms with Crippen LogP contribution in [0.25, 0.3) is 0 Å². The van der Waals surface area contributed by atoms with Crippen LogP contribution in [0, 0.1) is 0 Å². The Labute approximate surface area is 123 Å². The van der Waals surface area contributed by atoms with Gasteiger partial charge in [-0.25, -0.2) is 4.79 Å². The Morgan fingerprint density at radius 2 is 2.29 bits per heavy atom. The maximum atomic E-state index is 12.0. The van der Waals surface area contributed by atoms with E-state index in [4.69, 9.17) is 14.3 Å². The fraction of sp³-hybridized carbons (Fsp3) is 0.571. The number of furan rings is 1. The first kappa shape index (κ1) is 17.0. The predicted molar refractivity (Wildman–Crippen MR) is 76.1 cm³/mol.